The highest BCUT2D eigenvalue weighted by Crippen LogP contribution is 2.28. The number of hydrogen-bond acceptors (Lipinski definition) is 4. The van der Waals surface area contributed by atoms with Crippen LogP contribution in [-0.2, 0) is 10.0 Å². The van der Waals surface area contributed by atoms with Gasteiger partial charge in [0.2, 0.25) is 0 Å². The number of benzene rings is 3. The normalized spacial score (nSPS) is 11.9. The van der Waals surface area contributed by atoms with Gasteiger partial charge in [-0.1, -0.05) is 54.1 Å². The van der Waals surface area contributed by atoms with E-state index in [0.717, 1.165) is 4.31 Å². The van der Waals surface area contributed by atoms with Crippen LogP contribution < -0.4 is 9.79 Å². The third-order valence-corrected chi connectivity index (χ3v) is 7.26. The summed E-state index contributed by atoms with van der Waals surface area (Å²) in [6.45, 7) is 0. The van der Waals surface area contributed by atoms with Crippen LogP contribution >= 0.6 is 11.6 Å². The fraction of sp³-hybridized carbons (Fsp3) is 0.0400. The minimum Gasteiger partial charge on any atom is -0.269 e. The van der Waals surface area contributed by atoms with Gasteiger partial charge in [-0.25, -0.2) is 13.4 Å². The summed E-state index contributed by atoms with van der Waals surface area (Å²) in [4.78, 5) is 17.7. The standard InChI is InChI=1S/C25H20ClN3O3S/c1-28(21-12-6-3-7-13-21)33(31,32)23-18-19(15-16-22(23)26)25(30)29-17-9-8-14-24(29)27-20-10-4-2-5-11-20/h2-18H,1H3. The lowest BCUT2D eigenvalue weighted by Gasteiger charge is -2.20. The summed E-state index contributed by atoms with van der Waals surface area (Å²) in [5.74, 6) is -0.430. The number of anilines is 1. The lowest BCUT2D eigenvalue weighted by Crippen LogP contribution is -2.28. The highest BCUT2D eigenvalue weighted by atomic mass is 35.5. The van der Waals surface area contributed by atoms with Gasteiger partial charge in [0.1, 0.15) is 10.4 Å². The molecule has 33 heavy (non-hydrogen) atoms. The summed E-state index contributed by atoms with van der Waals surface area (Å²) in [5.41, 5.74) is 1.75. The van der Waals surface area contributed by atoms with Gasteiger partial charge in [-0.2, -0.15) is 0 Å². The summed E-state index contributed by atoms with van der Waals surface area (Å²) >= 11 is 6.26. The van der Waals surface area contributed by atoms with Gasteiger partial charge >= 0.3 is 0 Å². The van der Waals surface area contributed by atoms with Gasteiger partial charge in [-0.3, -0.25) is 13.7 Å². The maximum absolute atomic E-state index is 13.3. The van der Waals surface area contributed by atoms with E-state index in [1.165, 1.54) is 29.8 Å². The van der Waals surface area contributed by atoms with Crippen LogP contribution in [0.25, 0.3) is 0 Å². The molecule has 0 bridgehead atoms. The van der Waals surface area contributed by atoms with E-state index >= 15 is 0 Å². The number of carbonyl (C=O) groups excluding carboxylic acids is 1. The second kappa shape index (κ2) is 9.44. The van der Waals surface area contributed by atoms with Gasteiger partial charge in [0, 0.05) is 18.8 Å². The summed E-state index contributed by atoms with van der Waals surface area (Å²) in [6.07, 6.45) is 1.59. The Morgan fingerprint density at radius 3 is 2.21 bits per heavy atom. The molecule has 0 amide bonds. The second-order valence-electron chi connectivity index (χ2n) is 7.13. The molecule has 0 aliphatic rings. The molecule has 0 saturated heterocycles. The van der Waals surface area contributed by atoms with E-state index in [1.807, 2.05) is 30.3 Å². The van der Waals surface area contributed by atoms with Crippen LogP contribution in [0.1, 0.15) is 10.4 Å². The van der Waals surface area contributed by atoms with E-state index in [9.17, 15) is 13.2 Å². The van der Waals surface area contributed by atoms with Crippen molar-refractivity contribution in [3.8, 4) is 0 Å². The van der Waals surface area contributed by atoms with Gasteiger partial charge in [-0.05, 0) is 54.6 Å². The van der Waals surface area contributed by atoms with E-state index in [2.05, 4.69) is 4.99 Å². The molecule has 0 saturated carbocycles. The Morgan fingerprint density at radius 1 is 0.879 bits per heavy atom. The smallest absolute Gasteiger partial charge is 0.265 e. The molecule has 0 aliphatic carbocycles. The lowest BCUT2D eigenvalue weighted by atomic mass is 10.2. The molecule has 3 aromatic carbocycles. The molecule has 166 valence electrons. The van der Waals surface area contributed by atoms with Crippen molar-refractivity contribution >= 4 is 38.9 Å². The first-order valence-corrected chi connectivity index (χ1v) is 11.9. The summed E-state index contributed by atoms with van der Waals surface area (Å²) in [6, 6.07) is 27.3. The predicted octanol–water partition coefficient (Wildman–Crippen LogP) is 4.89. The zero-order valence-electron chi connectivity index (χ0n) is 17.7. The van der Waals surface area contributed by atoms with Gasteiger partial charge in [0.05, 0.1) is 16.4 Å². The Kier molecular flexibility index (Phi) is 6.44. The number of nitrogens with zero attached hydrogens (tertiary/aromatic N) is 3. The van der Waals surface area contributed by atoms with Crippen molar-refractivity contribution in [3.05, 3.63) is 119 Å². The van der Waals surface area contributed by atoms with Crippen LogP contribution in [0.2, 0.25) is 5.02 Å². The monoisotopic (exact) mass is 477 g/mol. The molecule has 0 aliphatic heterocycles. The zero-order chi connectivity index (χ0) is 23.4. The van der Waals surface area contributed by atoms with E-state index in [0.29, 0.717) is 16.9 Å². The average molecular weight is 478 g/mol. The first-order valence-electron chi connectivity index (χ1n) is 10.0. The fourth-order valence-electron chi connectivity index (χ4n) is 3.23. The van der Waals surface area contributed by atoms with Crippen molar-refractivity contribution in [3.63, 3.8) is 0 Å². The third kappa shape index (κ3) is 4.74. The quantitative estimate of drug-likeness (QED) is 0.411. The third-order valence-electron chi connectivity index (χ3n) is 4.99. The number of rotatable bonds is 5. The van der Waals surface area contributed by atoms with Gasteiger partial charge in [0.15, 0.2) is 0 Å². The Bertz CT molecular complexity index is 1470. The number of aromatic nitrogens is 1. The minimum absolute atomic E-state index is 0.0292. The molecule has 0 N–H and O–H groups in total. The Labute approximate surface area is 197 Å². The highest BCUT2D eigenvalue weighted by molar-refractivity contribution is 7.93. The van der Waals surface area contributed by atoms with Crippen molar-refractivity contribution in [2.75, 3.05) is 11.4 Å². The molecular formula is C25H20ClN3O3S. The van der Waals surface area contributed by atoms with E-state index in [-0.39, 0.29) is 15.5 Å². The van der Waals surface area contributed by atoms with Crippen LogP contribution in [-0.4, -0.2) is 25.9 Å². The van der Waals surface area contributed by atoms with Crippen LogP contribution in [0.3, 0.4) is 0 Å². The summed E-state index contributed by atoms with van der Waals surface area (Å²) in [7, 11) is -2.56. The van der Waals surface area contributed by atoms with Crippen molar-refractivity contribution < 1.29 is 13.2 Å². The Balaban J connectivity index is 1.77. The molecule has 1 aromatic heterocycles. The Hall–Kier alpha value is -3.68. The second-order valence-corrected chi connectivity index (χ2v) is 9.48. The molecule has 4 aromatic rings. The lowest BCUT2D eigenvalue weighted by molar-refractivity contribution is 0.0954. The zero-order valence-corrected chi connectivity index (χ0v) is 19.2. The van der Waals surface area contributed by atoms with Crippen LogP contribution in [0.4, 0.5) is 11.4 Å². The van der Waals surface area contributed by atoms with Crippen molar-refractivity contribution in [2.45, 2.75) is 4.90 Å². The fourth-order valence-corrected chi connectivity index (χ4v) is 4.92. The van der Waals surface area contributed by atoms with Gasteiger partial charge < -0.3 is 0 Å². The van der Waals surface area contributed by atoms with E-state index in [1.54, 1.807) is 54.7 Å². The van der Waals surface area contributed by atoms with E-state index in [4.69, 9.17) is 11.6 Å². The number of pyridine rings is 1. The number of para-hydroxylation sites is 2. The average Bonchev–Trinajstić information content (AvgIpc) is 2.85. The molecule has 1 heterocycles. The highest BCUT2D eigenvalue weighted by Gasteiger charge is 2.25. The van der Waals surface area contributed by atoms with Crippen LogP contribution in [0.15, 0.2) is 113 Å². The maximum atomic E-state index is 13.3. The van der Waals surface area contributed by atoms with Crippen LogP contribution in [0, 0.1) is 0 Å². The molecular weight excluding hydrogens is 458 g/mol. The molecule has 0 unspecified atom stereocenters. The van der Waals surface area contributed by atoms with E-state index < -0.39 is 15.9 Å². The number of halogens is 1. The summed E-state index contributed by atoms with van der Waals surface area (Å²) < 4.78 is 29.1. The molecule has 0 spiro atoms. The largest absolute Gasteiger partial charge is 0.269 e. The molecule has 8 heteroatoms. The first-order chi connectivity index (χ1) is 15.9. The number of hydrogen-bond donors (Lipinski definition) is 0. The predicted molar refractivity (Wildman–Crippen MR) is 129 cm³/mol. The minimum atomic E-state index is -4.00. The van der Waals surface area contributed by atoms with Gasteiger partial charge in [-0.15, -0.1) is 0 Å². The molecule has 4 rings (SSSR count). The van der Waals surface area contributed by atoms with Crippen molar-refractivity contribution in [1.82, 2.24) is 4.57 Å². The van der Waals surface area contributed by atoms with Crippen LogP contribution in [0.5, 0.6) is 0 Å². The SMILES string of the molecule is CN(c1ccccc1)S(=O)(=O)c1cc(C(=O)n2ccccc2=Nc2ccccc2)ccc1Cl. The maximum Gasteiger partial charge on any atom is 0.265 e. The Morgan fingerprint density at radius 2 is 1.52 bits per heavy atom. The number of sulfonamides is 1. The van der Waals surface area contributed by atoms with Crippen molar-refractivity contribution in [1.29, 1.82) is 0 Å². The first kappa shape index (κ1) is 22.5. The van der Waals surface area contributed by atoms with Crippen molar-refractivity contribution in [2.24, 2.45) is 4.99 Å². The molecule has 0 fully saturated rings. The number of carbonyl (C=O) groups is 1. The molecule has 0 atom stereocenters. The molecule has 0 radical (unpaired) electrons. The molecule has 6 nitrogen and oxygen atoms in total. The summed E-state index contributed by atoms with van der Waals surface area (Å²) in [5, 5.41) is 0.0292. The van der Waals surface area contributed by atoms with Gasteiger partial charge in [0.25, 0.3) is 15.9 Å². The topological polar surface area (TPSA) is 71.7 Å².